The molecule has 0 saturated carbocycles. The molecule has 2 aliphatic rings. The molecule has 0 radical (unpaired) electrons. The fraction of sp³-hybridized carbons (Fsp3) is 0.500. The predicted octanol–water partition coefficient (Wildman–Crippen LogP) is 2.54. The summed E-state index contributed by atoms with van der Waals surface area (Å²) in [5, 5.41) is 9.37. The van der Waals surface area contributed by atoms with Crippen LogP contribution in [0, 0.1) is 6.92 Å². The number of amides is 3. The van der Waals surface area contributed by atoms with Gasteiger partial charge in [-0.15, -0.1) is 0 Å². The topological polar surface area (TPSA) is 98.9 Å². The SMILES string of the molecule is Cc1nc2ccc(NC(=O)CCCC[C@@H]3SC[C@@H]4NC(=O)N[C@@H]43)cc2[nH]1. The Balaban J connectivity index is 1.21. The monoisotopic (exact) mass is 373 g/mol. The third-order valence-corrected chi connectivity index (χ3v) is 6.47. The van der Waals surface area contributed by atoms with Crippen molar-refractivity contribution in [2.24, 2.45) is 0 Å². The molecule has 2 aliphatic heterocycles. The van der Waals surface area contributed by atoms with Gasteiger partial charge in [0.2, 0.25) is 5.91 Å². The van der Waals surface area contributed by atoms with Gasteiger partial charge >= 0.3 is 6.03 Å². The van der Waals surface area contributed by atoms with Crippen LogP contribution in [0.4, 0.5) is 10.5 Å². The van der Waals surface area contributed by atoms with Gasteiger partial charge in [0.25, 0.3) is 0 Å². The number of carbonyl (C=O) groups excluding carboxylic acids is 2. The highest BCUT2D eigenvalue weighted by Gasteiger charge is 2.42. The Morgan fingerprint density at radius 2 is 2.23 bits per heavy atom. The number of rotatable bonds is 6. The molecule has 2 saturated heterocycles. The van der Waals surface area contributed by atoms with Crippen LogP contribution < -0.4 is 16.0 Å². The number of aromatic nitrogens is 2. The molecule has 4 N–H and O–H groups in total. The molecule has 3 heterocycles. The Hall–Kier alpha value is -2.22. The molecule has 1 aromatic carbocycles. The van der Waals surface area contributed by atoms with Crippen molar-refractivity contribution in [1.29, 1.82) is 0 Å². The minimum Gasteiger partial charge on any atom is -0.342 e. The van der Waals surface area contributed by atoms with Crippen molar-refractivity contribution in [2.75, 3.05) is 11.1 Å². The number of nitrogens with zero attached hydrogens (tertiary/aromatic N) is 1. The van der Waals surface area contributed by atoms with Gasteiger partial charge in [-0.1, -0.05) is 6.42 Å². The number of urea groups is 1. The minimum absolute atomic E-state index is 0.0355. The Labute approximate surface area is 156 Å². The van der Waals surface area contributed by atoms with Gasteiger partial charge in [0, 0.05) is 23.1 Å². The molecule has 2 fully saturated rings. The second-order valence-electron chi connectivity index (χ2n) is 6.97. The first-order valence-electron chi connectivity index (χ1n) is 9.03. The summed E-state index contributed by atoms with van der Waals surface area (Å²) in [6.45, 7) is 1.91. The van der Waals surface area contributed by atoms with Crippen LogP contribution in [0.25, 0.3) is 11.0 Å². The van der Waals surface area contributed by atoms with Crippen LogP contribution in [0.1, 0.15) is 31.5 Å². The predicted molar refractivity (Wildman–Crippen MR) is 103 cm³/mol. The lowest BCUT2D eigenvalue weighted by Crippen LogP contribution is -2.36. The van der Waals surface area contributed by atoms with Crippen LogP contribution in [0.3, 0.4) is 0 Å². The van der Waals surface area contributed by atoms with Gasteiger partial charge in [-0.2, -0.15) is 11.8 Å². The molecule has 7 nitrogen and oxygen atoms in total. The normalized spacial score (nSPS) is 24.3. The van der Waals surface area contributed by atoms with Crippen molar-refractivity contribution in [2.45, 2.75) is 49.9 Å². The van der Waals surface area contributed by atoms with E-state index in [4.69, 9.17) is 0 Å². The average molecular weight is 373 g/mol. The fourth-order valence-electron chi connectivity index (χ4n) is 3.71. The number of nitrogens with one attached hydrogen (secondary N) is 4. The third kappa shape index (κ3) is 3.65. The number of fused-ring (bicyclic) bond motifs is 2. The molecule has 3 amide bonds. The van der Waals surface area contributed by atoms with Gasteiger partial charge in [0.1, 0.15) is 5.82 Å². The highest BCUT2D eigenvalue weighted by Crippen LogP contribution is 2.33. The van der Waals surface area contributed by atoms with Gasteiger partial charge in [0.05, 0.1) is 23.1 Å². The lowest BCUT2D eigenvalue weighted by atomic mass is 10.0. The highest BCUT2D eigenvalue weighted by atomic mass is 32.2. The summed E-state index contributed by atoms with van der Waals surface area (Å²) in [5.74, 6) is 1.88. The van der Waals surface area contributed by atoms with E-state index < -0.39 is 0 Å². The Bertz CT molecular complexity index is 836. The maximum Gasteiger partial charge on any atom is 0.315 e. The summed E-state index contributed by atoms with van der Waals surface area (Å²) >= 11 is 1.91. The van der Waals surface area contributed by atoms with Crippen LogP contribution in [0.5, 0.6) is 0 Å². The van der Waals surface area contributed by atoms with Crippen LogP contribution in [-0.4, -0.2) is 45.0 Å². The number of hydrogen-bond donors (Lipinski definition) is 4. The Morgan fingerprint density at radius 3 is 3.12 bits per heavy atom. The van der Waals surface area contributed by atoms with E-state index in [1.165, 1.54) is 0 Å². The van der Waals surface area contributed by atoms with Crippen LogP contribution in [-0.2, 0) is 4.79 Å². The van der Waals surface area contributed by atoms with Crippen molar-refractivity contribution >= 4 is 40.4 Å². The lowest BCUT2D eigenvalue weighted by Gasteiger charge is -2.16. The van der Waals surface area contributed by atoms with Crippen molar-refractivity contribution in [1.82, 2.24) is 20.6 Å². The maximum atomic E-state index is 12.2. The summed E-state index contributed by atoms with van der Waals surface area (Å²) < 4.78 is 0. The van der Waals surface area contributed by atoms with Crippen molar-refractivity contribution in [3.8, 4) is 0 Å². The number of thioether (sulfide) groups is 1. The van der Waals surface area contributed by atoms with Crippen LogP contribution in [0.2, 0.25) is 0 Å². The van der Waals surface area contributed by atoms with E-state index in [2.05, 4.69) is 25.9 Å². The standard InChI is InChI=1S/C18H23N5O2S/c1-10-19-12-7-6-11(8-13(12)20-10)21-16(24)5-3-2-4-15-17-14(9-26-15)22-18(25)23-17/h6-8,14-15,17H,2-5,9H2,1H3,(H,19,20)(H,21,24)(H2,22,23,25)/t14-,15-,17-/m0/s1. The second kappa shape index (κ2) is 7.19. The van der Waals surface area contributed by atoms with E-state index in [0.717, 1.165) is 47.6 Å². The van der Waals surface area contributed by atoms with E-state index in [9.17, 15) is 9.59 Å². The van der Waals surface area contributed by atoms with Gasteiger partial charge in [0.15, 0.2) is 0 Å². The first kappa shape index (κ1) is 17.2. The van der Waals surface area contributed by atoms with E-state index in [-0.39, 0.29) is 24.0 Å². The van der Waals surface area contributed by atoms with Gasteiger partial charge in [-0.25, -0.2) is 9.78 Å². The number of aryl methyl sites for hydroxylation is 1. The lowest BCUT2D eigenvalue weighted by molar-refractivity contribution is -0.116. The molecular formula is C18H23N5O2S. The Morgan fingerprint density at radius 1 is 1.35 bits per heavy atom. The molecule has 0 bridgehead atoms. The maximum absolute atomic E-state index is 12.2. The molecule has 2 aromatic rings. The van der Waals surface area contributed by atoms with E-state index in [1.807, 2.05) is 36.9 Å². The zero-order valence-corrected chi connectivity index (χ0v) is 15.5. The van der Waals surface area contributed by atoms with Gasteiger partial charge in [-0.05, 0) is 38.0 Å². The summed E-state index contributed by atoms with van der Waals surface area (Å²) in [6.07, 6.45) is 3.38. The summed E-state index contributed by atoms with van der Waals surface area (Å²) in [4.78, 5) is 31.1. The zero-order chi connectivity index (χ0) is 18.1. The third-order valence-electron chi connectivity index (χ3n) is 4.96. The number of unbranched alkanes of at least 4 members (excludes halogenated alkanes) is 1. The first-order valence-corrected chi connectivity index (χ1v) is 10.1. The Kier molecular flexibility index (Phi) is 4.76. The number of benzene rings is 1. The summed E-state index contributed by atoms with van der Waals surface area (Å²) in [6, 6.07) is 6.16. The number of H-pyrrole nitrogens is 1. The molecular weight excluding hydrogens is 350 g/mol. The number of anilines is 1. The number of aromatic amines is 1. The molecule has 1 aromatic heterocycles. The molecule has 0 unspecified atom stereocenters. The number of carbonyl (C=O) groups is 2. The molecule has 8 heteroatoms. The first-order chi connectivity index (χ1) is 12.6. The average Bonchev–Trinajstić information content (AvgIpc) is 3.24. The fourth-order valence-corrected chi connectivity index (χ4v) is 5.26. The summed E-state index contributed by atoms with van der Waals surface area (Å²) in [7, 11) is 0. The molecule has 0 aliphatic carbocycles. The second-order valence-corrected chi connectivity index (χ2v) is 8.24. The minimum atomic E-state index is -0.0471. The highest BCUT2D eigenvalue weighted by molar-refractivity contribution is 8.00. The van der Waals surface area contributed by atoms with Crippen LogP contribution >= 0.6 is 11.8 Å². The van der Waals surface area contributed by atoms with Crippen molar-refractivity contribution in [3.05, 3.63) is 24.0 Å². The van der Waals surface area contributed by atoms with Crippen molar-refractivity contribution < 1.29 is 9.59 Å². The van der Waals surface area contributed by atoms with E-state index >= 15 is 0 Å². The largest absolute Gasteiger partial charge is 0.342 e. The zero-order valence-electron chi connectivity index (χ0n) is 14.7. The van der Waals surface area contributed by atoms with Crippen LogP contribution in [0.15, 0.2) is 18.2 Å². The molecule has 3 atom stereocenters. The van der Waals surface area contributed by atoms with E-state index in [1.54, 1.807) is 0 Å². The summed E-state index contributed by atoms with van der Waals surface area (Å²) in [5.41, 5.74) is 2.63. The number of imidazole rings is 1. The molecule has 4 rings (SSSR count). The molecule has 0 spiro atoms. The van der Waals surface area contributed by atoms with Crippen molar-refractivity contribution in [3.63, 3.8) is 0 Å². The quantitative estimate of drug-likeness (QED) is 0.462. The number of hydrogen-bond acceptors (Lipinski definition) is 4. The smallest absolute Gasteiger partial charge is 0.315 e. The molecule has 26 heavy (non-hydrogen) atoms. The van der Waals surface area contributed by atoms with Gasteiger partial charge < -0.3 is 20.9 Å². The van der Waals surface area contributed by atoms with Gasteiger partial charge in [-0.3, -0.25) is 4.79 Å². The molecule has 138 valence electrons. The van der Waals surface area contributed by atoms with E-state index in [0.29, 0.717) is 11.7 Å².